The van der Waals surface area contributed by atoms with Gasteiger partial charge in [0.15, 0.2) is 0 Å². The number of carbonyl (C=O) groups is 1. The minimum absolute atomic E-state index is 0. The second-order valence-electron chi connectivity index (χ2n) is 3.24. The quantitative estimate of drug-likeness (QED) is 0.820. The van der Waals surface area contributed by atoms with E-state index in [0.29, 0.717) is 0 Å². The summed E-state index contributed by atoms with van der Waals surface area (Å²) in [6.07, 6.45) is 0. The molecule has 1 aromatic carbocycles. The number of hydrogen-bond donors (Lipinski definition) is 2. The summed E-state index contributed by atoms with van der Waals surface area (Å²) in [6, 6.07) is 4.63. The Morgan fingerprint density at radius 3 is 2.29 bits per heavy atom. The van der Waals surface area contributed by atoms with Crippen LogP contribution in [0.4, 0.5) is 0 Å². The van der Waals surface area contributed by atoms with Crippen molar-refractivity contribution in [2.24, 2.45) is 0 Å². The first-order valence-electron chi connectivity index (χ1n) is 4.08. The summed E-state index contributed by atoms with van der Waals surface area (Å²) in [5.41, 5.74) is 0.881. The predicted octanol–water partition coefficient (Wildman–Crippen LogP) is 2.21. The Bertz CT molecular complexity index is 334. The number of phenols is 1. The summed E-state index contributed by atoms with van der Waals surface area (Å²) in [5, 5.41) is 18.0. The van der Waals surface area contributed by atoms with Crippen LogP contribution in [0.25, 0.3) is 0 Å². The third kappa shape index (κ3) is 2.83. The fraction of sp³-hybridized carbons (Fsp3) is 0.300. The largest absolute Gasteiger partial charge is 0.507 e. The maximum absolute atomic E-state index is 10.5. The minimum atomic E-state index is -1.10. The van der Waals surface area contributed by atoms with Gasteiger partial charge in [0.25, 0.3) is 0 Å². The summed E-state index contributed by atoms with van der Waals surface area (Å²) in [4.78, 5) is 10.5. The van der Waals surface area contributed by atoms with Gasteiger partial charge in [0.05, 0.1) is 0 Å². The Labute approximate surface area is 96.4 Å². The molecule has 0 saturated heterocycles. The van der Waals surface area contributed by atoms with Gasteiger partial charge in [-0.05, 0) is 23.6 Å². The Morgan fingerprint density at radius 1 is 1.36 bits per heavy atom. The molecular weight excluding hydrogens is 275 g/mol. The normalized spacial score (nSPS) is 9.64. The SMILES string of the molecule is CC(C)c1ccc(C(=O)O)c(O)c1.[Pd]. The van der Waals surface area contributed by atoms with Crippen molar-refractivity contribution in [2.75, 3.05) is 0 Å². The van der Waals surface area contributed by atoms with E-state index >= 15 is 0 Å². The van der Waals surface area contributed by atoms with Gasteiger partial charge < -0.3 is 10.2 Å². The van der Waals surface area contributed by atoms with Crippen molar-refractivity contribution in [3.63, 3.8) is 0 Å². The van der Waals surface area contributed by atoms with Gasteiger partial charge in [-0.3, -0.25) is 0 Å². The molecule has 0 spiro atoms. The van der Waals surface area contributed by atoms with Crippen LogP contribution in [-0.4, -0.2) is 16.2 Å². The van der Waals surface area contributed by atoms with E-state index in [9.17, 15) is 9.90 Å². The third-order valence-corrected chi connectivity index (χ3v) is 1.92. The standard InChI is InChI=1S/C10H12O3.Pd/c1-6(2)7-3-4-8(10(12)13)9(11)5-7;/h3-6,11H,1-2H3,(H,12,13);. The van der Waals surface area contributed by atoms with Crippen LogP contribution < -0.4 is 0 Å². The molecular formula is C10H12O3Pd. The van der Waals surface area contributed by atoms with Gasteiger partial charge in [-0.15, -0.1) is 0 Å². The third-order valence-electron chi connectivity index (χ3n) is 1.92. The molecule has 0 bridgehead atoms. The smallest absolute Gasteiger partial charge is 0.339 e. The summed E-state index contributed by atoms with van der Waals surface area (Å²) in [7, 11) is 0. The molecule has 0 saturated carbocycles. The van der Waals surface area contributed by atoms with Crippen LogP contribution in [0.5, 0.6) is 5.75 Å². The van der Waals surface area contributed by atoms with Crippen LogP contribution in [0.3, 0.4) is 0 Å². The van der Waals surface area contributed by atoms with Crippen LogP contribution in [0.1, 0.15) is 35.7 Å². The molecule has 0 unspecified atom stereocenters. The number of rotatable bonds is 2. The number of hydrogen-bond acceptors (Lipinski definition) is 2. The van der Waals surface area contributed by atoms with Crippen molar-refractivity contribution < 1.29 is 35.4 Å². The monoisotopic (exact) mass is 286 g/mol. The maximum atomic E-state index is 10.5. The van der Waals surface area contributed by atoms with Crippen molar-refractivity contribution >= 4 is 5.97 Å². The van der Waals surface area contributed by atoms with E-state index in [2.05, 4.69) is 0 Å². The molecule has 0 aliphatic rings. The van der Waals surface area contributed by atoms with Crippen molar-refractivity contribution in [2.45, 2.75) is 19.8 Å². The molecule has 0 fully saturated rings. The van der Waals surface area contributed by atoms with Crippen LogP contribution >= 0.6 is 0 Å². The Morgan fingerprint density at radius 2 is 1.93 bits per heavy atom. The first-order valence-corrected chi connectivity index (χ1v) is 4.08. The zero-order valence-electron chi connectivity index (χ0n) is 7.93. The molecule has 0 aliphatic carbocycles. The Hall–Kier alpha value is -0.848. The minimum Gasteiger partial charge on any atom is -0.507 e. The van der Waals surface area contributed by atoms with Crippen LogP contribution in [0.15, 0.2) is 18.2 Å². The average Bonchev–Trinajstić information content (AvgIpc) is 2.03. The molecule has 1 rings (SSSR count). The molecule has 4 heteroatoms. The van der Waals surface area contributed by atoms with Crippen molar-refractivity contribution in [1.29, 1.82) is 0 Å². The summed E-state index contributed by atoms with van der Waals surface area (Å²) in [6.45, 7) is 3.96. The molecule has 0 radical (unpaired) electrons. The topological polar surface area (TPSA) is 57.5 Å². The van der Waals surface area contributed by atoms with Gasteiger partial charge in [-0.2, -0.15) is 0 Å². The molecule has 0 atom stereocenters. The van der Waals surface area contributed by atoms with E-state index in [-0.39, 0.29) is 37.7 Å². The molecule has 0 heterocycles. The van der Waals surface area contributed by atoms with E-state index in [4.69, 9.17) is 5.11 Å². The molecule has 0 aliphatic heterocycles. The summed E-state index contributed by atoms with van der Waals surface area (Å²) >= 11 is 0. The predicted molar refractivity (Wildman–Crippen MR) is 49.2 cm³/mol. The number of carboxylic acids is 1. The van der Waals surface area contributed by atoms with Crippen LogP contribution in [0.2, 0.25) is 0 Å². The zero-order valence-corrected chi connectivity index (χ0v) is 9.48. The first-order chi connectivity index (χ1) is 6.02. The van der Waals surface area contributed by atoms with E-state index in [0.717, 1.165) is 5.56 Å². The summed E-state index contributed by atoms with van der Waals surface area (Å²) in [5.74, 6) is -0.986. The number of aromatic hydroxyl groups is 1. The molecule has 1 aromatic rings. The van der Waals surface area contributed by atoms with E-state index in [1.807, 2.05) is 13.8 Å². The fourth-order valence-electron chi connectivity index (χ4n) is 1.09. The summed E-state index contributed by atoms with van der Waals surface area (Å²) < 4.78 is 0. The van der Waals surface area contributed by atoms with E-state index < -0.39 is 5.97 Å². The van der Waals surface area contributed by atoms with Crippen LogP contribution in [-0.2, 0) is 20.4 Å². The molecule has 0 amide bonds. The van der Waals surface area contributed by atoms with Gasteiger partial charge in [0, 0.05) is 20.4 Å². The maximum Gasteiger partial charge on any atom is 0.339 e. The van der Waals surface area contributed by atoms with Gasteiger partial charge in [0.2, 0.25) is 0 Å². The fourth-order valence-corrected chi connectivity index (χ4v) is 1.09. The zero-order chi connectivity index (χ0) is 10.0. The van der Waals surface area contributed by atoms with Gasteiger partial charge in [0.1, 0.15) is 11.3 Å². The van der Waals surface area contributed by atoms with E-state index in [1.165, 1.54) is 12.1 Å². The number of benzene rings is 1. The van der Waals surface area contributed by atoms with Gasteiger partial charge in [-0.1, -0.05) is 19.9 Å². The average molecular weight is 287 g/mol. The van der Waals surface area contributed by atoms with E-state index in [1.54, 1.807) is 6.07 Å². The molecule has 2 N–H and O–H groups in total. The second-order valence-corrected chi connectivity index (χ2v) is 3.24. The second kappa shape index (κ2) is 5.14. The van der Waals surface area contributed by atoms with Crippen molar-refractivity contribution in [1.82, 2.24) is 0 Å². The van der Waals surface area contributed by atoms with Crippen molar-refractivity contribution in [3.05, 3.63) is 29.3 Å². The molecule has 3 nitrogen and oxygen atoms in total. The Kier molecular flexibility index (Phi) is 4.83. The molecule has 14 heavy (non-hydrogen) atoms. The Balaban J connectivity index is 0.00000169. The van der Waals surface area contributed by atoms with Gasteiger partial charge >= 0.3 is 5.97 Å². The van der Waals surface area contributed by atoms with Crippen molar-refractivity contribution in [3.8, 4) is 5.75 Å². The number of aromatic carboxylic acids is 1. The molecule has 80 valence electrons. The van der Waals surface area contributed by atoms with Crippen LogP contribution in [0, 0.1) is 0 Å². The molecule has 0 aromatic heterocycles. The first kappa shape index (κ1) is 13.2. The van der Waals surface area contributed by atoms with Gasteiger partial charge in [-0.25, -0.2) is 4.79 Å². The number of carboxylic acid groups (broad SMARTS) is 1.